The molecule has 0 radical (unpaired) electrons. The van der Waals surface area contributed by atoms with Gasteiger partial charge in [-0.1, -0.05) is 0 Å². The molecule has 1 heterocycles. The second-order valence-electron chi connectivity index (χ2n) is 5.95. The molecule has 7 heteroatoms. The molecule has 0 aliphatic carbocycles. The van der Waals surface area contributed by atoms with Crippen LogP contribution in [-0.4, -0.2) is 47.2 Å². The van der Waals surface area contributed by atoms with Crippen LogP contribution in [0.1, 0.15) is 33.6 Å². The van der Waals surface area contributed by atoms with E-state index in [9.17, 15) is 14.9 Å². The van der Waals surface area contributed by atoms with Crippen molar-refractivity contribution in [1.29, 1.82) is 0 Å². The van der Waals surface area contributed by atoms with Crippen molar-refractivity contribution in [3.8, 4) is 0 Å². The van der Waals surface area contributed by atoms with E-state index in [1.807, 2.05) is 20.8 Å². The van der Waals surface area contributed by atoms with Gasteiger partial charge in [-0.15, -0.1) is 0 Å². The summed E-state index contributed by atoms with van der Waals surface area (Å²) in [6, 6.07) is 0.172. The van der Waals surface area contributed by atoms with Gasteiger partial charge < -0.3 is 15.0 Å². The van der Waals surface area contributed by atoms with Crippen molar-refractivity contribution in [1.82, 2.24) is 10.2 Å². The summed E-state index contributed by atoms with van der Waals surface area (Å²) in [7, 11) is 0. The predicted octanol–water partition coefficient (Wildman–Crippen LogP) is 1.77. The summed E-state index contributed by atoms with van der Waals surface area (Å²) in [4.78, 5) is 23.5. The van der Waals surface area contributed by atoms with Gasteiger partial charge in [0.05, 0.1) is 11.5 Å². The molecule has 1 amide bonds. The molecule has 1 saturated heterocycles. The van der Waals surface area contributed by atoms with Crippen LogP contribution >= 0.6 is 0 Å². The van der Waals surface area contributed by atoms with Gasteiger partial charge in [0.25, 0.3) is 5.70 Å². The minimum absolute atomic E-state index is 0.0421. The molecule has 0 aromatic rings. The highest BCUT2D eigenvalue weighted by Gasteiger charge is 2.26. The number of likely N-dealkylation sites (tertiary alicyclic amines) is 1. The molecule has 7 nitrogen and oxygen atoms in total. The van der Waals surface area contributed by atoms with Gasteiger partial charge in [-0.2, -0.15) is 0 Å². The number of amides is 1. The SMILES string of the molecule is C=C(CNC1CCN(C(=O)OC(C)(C)C)CC1)[N+](=O)[O-]. The maximum Gasteiger partial charge on any atom is 0.410 e. The van der Waals surface area contributed by atoms with Crippen molar-refractivity contribution < 1.29 is 14.5 Å². The Hall–Kier alpha value is -1.63. The first-order valence-corrected chi connectivity index (χ1v) is 6.72. The van der Waals surface area contributed by atoms with Gasteiger partial charge in [-0.3, -0.25) is 10.1 Å². The highest BCUT2D eigenvalue weighted by Crippen LogP contribution is 2.15. The minimum atomic E-state index is -0.490. The van der Waals surface area contributed by atoms with E-state index in [1.165, 1.54) is 0 Å². The molecule has 1 rings (SSSR count). The highest BCUT2D eigenvalue weighted by atomic mass is 16.6. The fourth-order valence-corrected chi connectivity index (χ4v) is 1.92. The Labute approximate surface area is 119 Å². The lowest BCUT2D eigenvalue weighted by atomic mass is 10.1. The number of carbonyl (C=O) groups excluding carboxylic acids is 1. The van der Waals surface area contributed by atoms with Crippen molar-refractivity contribution in [2.24, 2.45) is 0 Å². The fourth-order valence-electron chi connectivity index (χ4n) is 1.92. The number of ether oxygens (including phenoxy) is 1. The lowest BCUT2D eigenvalue weighted by Crippen LogP contribution is -2.47. The van der Waals surface area contributed by atoms with E-state index >= 15 is 0 Å². The topological polar surface area (TPSA) is 84.7 Å². The Morgan fingerprint density at radius 2 is 2.00 bits per heavy atom. The molecular weight excluding hydrogens is 262 g/mol. The smallest absolute Gasteiger partial charge is 0.410 e. The number of piperidine rings is 1. The number of nitrogens with one attached hydrogen (secondary N) is 1. The predicted molar refractivity (Wildman–Crippen MR) is 75.0 cm³/mol. The number of carbonyl (C=O) groups is 1. The quantitative estimate of drug-likeness (QED) is 0.628. The Balaban J connectivity index is 2.31. The summed E-state index contributed by atoms with van der Waals surface area (Å²) in [5.41, 5.74) is -0.533. The molecule has 0 aromatic carbocycles. The van der Waals surface area contributed by atoms with Crippen LogP contribution in [0.3, 0.4) is 0 Å². The maximum atomic E-state index is 11.9. The van der Waals surface area contributed by atoms with Gasteiger partial charge in [0.15, 0.2) is 0 Å². The molecule has 1 aliphatic heterocycles. The first-order valence-electron chi connectivity index (χ1n) is 6.72. The van der Waals surface area contributed by atoms with E-state index in [2.05, 4.69) is 11.9 Å². The van der Waals surface area contributed by atoms with E-state index in [-0.39, 0.29) is 24.4 Å². The molecule has 1 fully saturated rings. The molecule has 1 aliphatic rings. The van der Waals surface area contributed by atoms with Gasteiger partial charge in [0.1, 0.15) is 5.60 Å². The van der Waals surface area contributed by atoms with Crippen LogP contribution in [0.25, 0.3) is 0 Å². The summed E-state index contributed by atoms with van der Waals surface area (Å²) in [5, 5.41) is 13.5. The molecule has 0 aromatic heterocycles. The second-order valence-corrected chi connectivity index (χ2v) is 5.95. The van der Waals surface area contributed by atoms with Crippen LogP contribution in [0.5, 0.6) is 0 Å². The normalized spacial score (nSPS) is 16.9. The Bertz CT molecular complexity index is 382. The van der Waals surface area contributed by atoms with Gasteiger partial charge >= 0.3 is 6.09 Å². The molecule has 20 heavy (non-hydrogen) atoms. The average Bonchev–Trinajstić information content (AvgIpc) is 2.34. The molecule has 0 unspecified atom stereocenters. The standard InChI is InChI=1S/C13H23N3O4/c1-10(16(18)19)9-14-11-5-7-15(8-6-11)12(17)20-13(2,3)4/h11,14H,1,5-9H2,2-4H3. The number of hydrogen-bond donors (Lipinski definition) is 1. The molecular formula is C13H23N3O4. The molecule has 114 valence electrons. The van der Waals surface area contributed by atoms with E-state index in [1.54, 1.807) is 4.90 Å². The molecule has 0 atom stereocenters. The van der Waals surface area contributed by atoms with Gasteiger partial charge in [-0.25, -0.2) is 4.79 Å². The van der Waals surface area contributed by atoms with Gasteiger partial charge in [0, 0.05) is 19.1 Å². The summed E-state index contributed by atoms with van der Waals surface area (Å²) in [6.45, 7) is 10.2. The van der Waals surface area contributed by atoms with Crippen molar-refractivity contribution in [2.75, 3.05) is 19.6 Å². The maximum absolute atomic E-state index is 11.9. The first kappa shape index (κ1) is 16.4. The number of hydrogen-bond acceptors (Lipinski definition) is 5. The van der Waals surface area contributed by atoms with Crippen LogP contribution < -0.4 is 5.32 Å². The summed E-state index contributed by atoms with van der Waals surface area (Å²) < 4.78 is 5.31. The van der Waals surface area contributed by atoms with Crippen LogP contribution in [0, 0.1) is 10.1 Å². The molecule has 1 N–H and O–H groups in total. The number of rotatable bonds is 4. The van der Waals surface area contributed by atoms with Crippen molar-refractivity contribution in [3.63, 3.8) is 0 Å². The lowest BCUT2D eigenvalue weighted by Gasteiger charge is -2.33. The van der Waals surface area contributed by atoms with E-state index < -0.39 is 10.5 Å². The zero-order valence-corrected chi connectivity index (χ0v) is 12.3. The zero-order valence-electron chi connectivity index (χ0n) is 12.3. The van der Waals surface area contributed by atoms with Gasteiger partial charge in [0.2, 0.25) is 0 Å². The third-order valence-electron chi connectivity index (χ3n) is 3.00. The Morgan fingerprint density at radius 3 is 2.45 bits per heavy atom. The molecule has 0 spiro atoms. The lowest BCUT2D eigenvalue weighted by molar-refractivity contribution is -0.425. The number of nitrogens with zero attached hydrogens (tertiary/aromatic N) is 2. The van der Waals surface area contributed by atoms with Crippen molar-refractivity contribution in [2.45, 2.75) is 45.3 Å². The largest absolute Gasteiger partial charge is 0.444 e. The Kier molecular flexibility index (Phi) is 5.50. The first-order chi connectivity index (χ1) is 9.19. The highest BCUT2D eigenvalue weighted by molar-refractivity contribution is 5.68. The minimum Gasteiger partial charge on any atom is -0.444 e. The van der Waals surface area contributed by atoms with Gasteiger partial charge in [-0.05, 0) is 40.2 Å². The van der Waals surface area contributed by atoms with Crippen molar-refractivity contribution in [3.05, 3.63) is 22.4 Å². The Morgan fingerprint density at radius 1 is 1.45 bits per heavy atom. The van der Waals surface area contributed by atoms with E-state index in [0.717, 1.165) is 12.8 Å². The van der Waals surface area contributed by atoms with Crippen molar-refractivity contribution >= 4 is 6.09 Å². The fraction of sp³-hybridized carbons (Fsp3) is 0.769. The second kappa shape index (κ2) is 6.69. The zero-order chi connectivity index (χ0) is 15.3. The average molecular weight is 285 g/mol. The summed E-state index contributed by atoms with van der Waals surface area (Å²) >= 11 is 0. The third-order valence-corrected chi connectivity index (χ3v) is 3.00. The summed E-state index contributed by atoms with van der Waals surface area (Å²) in [5.74, 6) is 0. The molecule has 0 bridgehead atoms. The van der Waals surface area contributed by atoms with Crippen LogP contribution in [0.4, 0.5) is 4.79 Å². The van der Waals surface area contributed by atoms with Crippen LogP contribution in [0.2, 0.25) is 0 Å². The molecule has 0 saturated carbocycles. The summed E-state index contributed by atoms with van der Waals surface area (Å²) in [6.07, 6.45) is 1.21. The third kappa shape index (κ3) is 5.56. The van der Waals surface area contributed by atoms with E-state index in [4.69, 9.17) is 4.74 Å². The number of nitro groups is 1. The van der Waals surface area contributed by atoms with Crippen LogP contribution in [-0.2, 0) is 4.74 Å². The van der Waals surface area contributed by atoms with E-state index in [0.29, 0.717) is 13.1 Å². The van der Waals surface area contributed by atoms with Crippen LogP contribution in [0.15, 0.2) is 12.3 Å². The monoisotopic (exact) mass is 285 g/mol.